The van der Waals surface area contributed by atoms with Gasteiger partial charge in [-0.25, -0.2) is 4.79 Å². The molecule has 1 aromatic rings. The largest absolute Gasteiger partial charge is 0.329 e. The van der Waals surface area contributed by atoms with Crippen LogP contribution in [0.25, 0.3) is 11.6 Å². The zero-order valence-electron chi connectivity index (χ0n) is 14.0. The molecule has 1 saturated heterocycles. The first-order valence-corrected chi connectivity index (χ1v) is 7.76. The van der Waals surface area contributed by atoms with Gasteiger partial charge in [-0.2, -0.15) is 0 Å². The molecule has 0 saturated carbocycles. The molecule has 0 aromatic carbocycles. The second kappa shape index (κ2) is 6.40. The van der Waals surface area contributed by atoms with Gasteiger partial charge in [-0.15, -0.1) is 0 Å². The number of hydrogen-bond acceptors (Lipinski definition) is 3. The highest BCUT2D eigenvalue weighted by molar-refractivity contribution is 5.99. The lowest BCUT2D eigenvalue weighted by atomic mass is 9.99. The fourth-order valence-electron chi connectivity index (χ4n) is 2.85. The van der Waals surface area contributed by atoms with Crippen LogP contribution >= 0.6 is 0 Å². The SMILES string of the molecule is C=C(c1c(/C=C\C)n(C2CCC(=O)NC2=O)c(=O)n1C)C(C)C. The number of amides is 2. The summed E-state index contributed by atoms with van der Waals surface area (Å²) in [6, 6.07) is -0.675. The number of nitrogens with one attached hydrogen (secondary N) is 1. The molecule has 2 amide bonds. The van der Waals surface area contributed by atoms with E-state index in [2.05, 4.69) is 11.9 Å². The Kier molecular flexibility index (Phi) is 4.73. The Morgan fingerprint density at radius 2 is 2.00 bits per heavy atom. The van der Waals surface area contributed by atoms with Crippen LogP contribution in [0.3, 0.4) is 0 Å². The average molecular weight is 317 g/mol. The fraction of sp³-hybridized carbons (Fsp3) is 0.471. The average Bonchev–Trinajstić information content (AvgIpc) is 2.71. The molecule has 1 unspecified atom stereocenters. The predicted molar refractivity (Wildman–Crippen MR) is 89.7 cm³/mol. The van der Waals surface area contributed by atoms with Crippen LogP contribution in [-0.2, 0) is 16.6 Å². The van der Waals surface area contributed by atoms with E-state index < -0.39 is 11.9 Å². The molecule has 2 rings (SSSR count). The highest BCUT2D eigenvalue weighted by atomic mass is 16.2. The number of nitrogens with zero attached hydrogens (tertiary/aromatic N) is 2. The molecule has 23 heavy (non-hydrogen) atoms. The Bertz CT molecular complexity index is 750. The Balaban J connectivity index is 2.67. The summed E-state index contributed by atoms with van der Waals surface area (Å²) in [4.78, 5) is 36.3. The third-order valence-electron chi connectivity index (χ3n) is 4.18. The van der Waals surface area contributed by atoms with Crippen LogP contribution in [0.1, 0.15) is 51.0 Å². The third-order valence-corrected chi connectivity index (χ3v) is 4.18. The van der Waals surface area contributed by atoms with Crippen LogP contribution in [-0.4, -0.2) is 20.9 Å². The molecule has 0 radical (unpaired) electrons. The van der Waals surface area contributed by atoms with Gasteiger partial charge in [-0.3, -0.25) is 24.0 Å². The van der Waals surface area contributed by atoms with Gasteiger partial charge in [-0.05, 0) is 30.9 Å². The molecule has 124 valence electrons. The number of piperidine rings is 1. The number of hydrogen-bond donors (Lipinski definition) is 1. The van der Waals surface area contributed by atoms with E-state index in [1.807, 2.05) is 32.9 Å². The van der Waals surface area contributed by atoms with Crippen LogP contribution in [0.4, 0.5) is 0 Å². The van der Waals surface area contributed by atoms with Gasteiger partial charge < -0.3 is 0 Å². The smallest absolute Gasteiger partial charge is 0.295 e. The number of allylic oxidation sites excluding steroid dienone is 2. The maximum absolute atomic E-state index is 12.7. The zero-order valence-corrected chi connectivity index (χ0v) is 14.0. The highest BCUT2D eigenvalue weighted by Crippen LogP contribution is 2.28. The number of rotatable bonds is 4. The van der Waals surface area contributed by atoms with Crippen LogP contribution in [0.2, 0.25) is 0 Å². The maximum atomic E-state index is 12.7. The van der Waals surface area contributed by atoms with Crippen molar-refractivity contribution in [3.8, 4) is 0 Å². The summed E-state index contributed by atoms with van der Waals surface area (Å²) in [5, 5.41) is 2.31. The molecule has 1 aromatic heterocycles. The van der Waals surface area contributed by atoms with Gasteiger partial charge in [-0.1, -0.05) is 26.5 Å². The normalized spacial score (nSPS) is 18.7. The summed E-state index contributed by atoms with van der Waals surface area (Å²) in [5.41, 5.74) is 1.95. The van der Waals surface area contributed by atoms with Gasteiger partial charge in [0, 0.05) is 13.5 Å². The van der Waals surface area contributed by atoms with Gasteiger partial charge in [0.15, 0.2) is 0 Å². The second-order valence-corrected chi connectivity index (χ2v) is 6.09. The quantitative estimate of drug-likeness (QED) is 0.862. The molecule has 2 heterocycles. The molecule has 1 atom stereocenters. The third kappa shape index (κ3) is 2.93. The minimum absolute atomic E-state index is 0.169. The van der Waals surface area contributed by atoms with E-state index in [0.29, 0.717) is 12.1 Å². The van der Waals surface area contributed by atoms with Crippen LogP contribution in [0.5, 0.6) is 0 Å². The summed E-state index contributed by atoms with van der Waals surface area (Å²) in [6.45, 7) is 9.97. The highest BCUT2D eigenvalue weighted by Gasteiger charge is 2.32. The van der Waals surface area contributed by atoms with E-state index in [4.69, 9.17) is 0 Å². The predicted octanol–water partition coefficient (Wildman–Crippen LogP) is 1.87. The molecule has 1 aliphatic heterocycles. The Morgan fingerprint density at radius 1 is 1.35 bits per heavy atom. The van der Waals surface area contributed by atoms with E-state index in [9.17, 15) is 14.4 Å². The molecule has 1 N–H and O–H groups in total. The van der Waals surface area contributed by atoms with Crippen molar-refractivity contribution in [2.24, 2.45) is 13.0 Å². The molecule has 6 heteroatoms. The first kappa shape index (κ1) is 17.0. The van der Waals surface area contributed by atoms with Gasteiger partial charge in [0.1, 0.15) is 6.04 Å². The number of imide groups is 1. The topological polar surface area (TPSA) is 73.1 Å². The van der Waals surface area contributed by atoms with Crippen LogP contribution in [0.15, 0.2) is 17.4 Å². The van der Waals surface area contributed by atoms with E-state index in [0.717, 1.165) is 11.3 Å². The number of carbonyl (C=O) groups is 2. The first-order valence-electron chi connectivity index (χ1n) is 7.76. The minimum Gasteiger partial charge on any atom is -0.295 e. The molecule has 1 fully saturated rings. The van der Waals surface area contributed by atoms with Crippen molar-refractivity contribution < 1.29 is 9.59 Å². The van der Waals surface area contributed by atoms with E-state index in [-0.39, 0.29) is 23.9 Å². The monoisotopic (exact) mass is 317 g/mol. The molecule has 0 spiro atoms. The van der Waals surface area contributed by atoms with E-state index >= 15 is 0 Å². The first-order chi connectivity index (χ1) is 10.8. The number of carbonyl (C=O) groups excluding carboxylic acids is 2. The van der Waals surface area contributed by atoms with Crippen LogP contribution in [0, 0.1) is 5.92 Å². The Labute approximate surface area is 135 Å². The molecule has 1 aliphatic rings. The molecule has 0 aliphatic carbocycles. The summed E-state index contributed by atoms with van der Waals surface area (Å²) in [7, 11) is 1.68. The van der Waals surface area contributed by atoms with Crippen molar-refractivity contribution in [3.63, 3.8) is 0 Å². The van der Waals surface area contributed by atoms with Crippen molar-refractivity contribution in [2.45, 2.75) is 39.7 Å². The lowest BCUT2D eigenvalue weighted by molar-refractivity contribution is -0.135. The summed E-state index contributed by atoms with van der Waals surface area (Å²) < 4.78 is 3.01. The lowest BCUT2D eigenvalue weighted by Gasteiger charge is -2.22. The number of aromatic nitrogens is 2. The minimum atomic E-state index is -0.675. The van der Waals surface area contributed by atoms with Crippen molar-refractivity contribution >= 4 is 23.5 Å². The molecule has 0 bridgehead atoms. The molecular formula is C17H23N3O3. The maximum Gasteiger partial charge on any atom is 0.329 e. The summed E-state index contributed by atoms with van der Waals surface area (Å²) in [5.74, 6) is -0.557. The van der Waals surface area contributed by atoms with Gasteiger partial charge >= 0.3 is 5.69 Å². The van der Waals surface area contributed by atoms with E-state index in [1.54, 1.807) is 7.05 Å². The molecule has 6 nitrogen and oxygen atoms in total. The lowest BCUT2D eigenvalue weighted by Crippen LogP contribution is -2.44. The summed E-state index contributed by atoms with van der Waals surface area (Å²) in [6.07, 6.45) is 4.20. The van der Waals surface area contributed by atoms with Gasteiger partial charge in [0.25, 0.3) is 0 Å². The zero-order chi connectivity index (χ0) is 17.3. The summed E-state index contributed by atoms with van der Waals surface area (Å²) >= 11 is 0. The van der Waals surface area contributed by atoms with Gasteiger partial charge in [0.2, 0.25) is 11.8 Å². The van der Waals surface area contributed by atoms with Crippen molar-refractivity contribution in [3.05, 3.63) is 34.5 Å². The van der Waals surface area contributed by atoms with Crippen molar-refractivity contribution in [1.29, 1.82) is 0 Å². The Hall–Kier alpha value is -2.37. The standard InChI is InChI=1S/C17H23N3O3/c1-6-7-12-15(11(4)10(2)3)19(5)17(23)20(12)13-8-9-14(21)18-16(13)22/h6-7,10,13H,4,8-9H2,1-3,5H3,(H,18,21,22)/b7-6-. The Morgan fingerprint density at radius 3 is 2.52 bits per heavy atom. The van der Waals surface area contributed by atoms with E-state index in [1.165, 1.54) is 9.13 Å². The second-order valence-electron chi connectivity index (χ2n) is 6.09. The van der Waals surface area contributed by atoms with Crippen LogP contribution < -0.4 is 11.0 Å². The van der Waals surface area contributed by atoms with Crippen molar-refractivity contribution in [1.82, 2.24) is 14.5 Å². The fourth-order valence-corrected chi connectivity index (χ4v) is 2.85. The van der Waals surface area contributed by atoms with Crippen molar-refractivity contribution in [2.75, 3.05) is 0 Å². The van der Waals surface area contributed by atoms with Gasteiger partial charge in [0.05, 0.1) is 11.4 Å². The molecular weight excluding hydrogens is 294 g/mol. The number of imidazole rings is 1.